The third kappa shape index (κ3) is 2.01. The number of benzene rings is 1. The first-order valence-corrected chi connectivity index (χ1v) is 6.08. The van der Waals surface area contributed by atoms with Crippen molar-refractivity contribution in [2.24, 2.45) is 0 Å². The average Bonchev–Trinajstić information content (AvgIpc) is 2.78. The van der Waals surface area contributed by atoms with Crippen LogP contribution in [0.3, 0.4) is 0 Å². The highest BCUT2D eigenvalue weighted by Crippen LogP contribution is 2.20. The second-order valence-corrected chi connectivity index (χ2v) is 4.03. The van der Waals surface area contributed by atoms with E-state index >= 15 is 0 Å². The van der Waals surface area contributed by atoms with E-state index in [4.69, 9.17) is 0 Å². The summed E-state index contributed by atoms with van der Waals surface area (Å²) < 4.78 is 1.74. The molecule has 94 valence electrons. The Morgan fingerprint density at radius 2 is 1.89 bits per heavy atom. The molecule has 0 saturated heterocycles. The van der Waals surface area contributed by atoms with Crippen LogP contribution in [0.25, 0.3) is 5.69 Å². The van der Waals surface area contributed by atoms with Gasteiger partial charge in [0.05, 0.1) is 17.1 Å². The van der Waals surface area contributed by atoms with Gasteiger partial charge in [-0.05, 0) is 25.0 Å². The van der Waals surface area contributed by atoms with E-state index in [1.54, 1.807) is 4.68 Å². The molecule has 0 atom stereocenters. The van der Waals surface area contributed by atoms with Gasteiger partial charge in [0.15, 0.2) is 0 Å². The van der Waals surface area contributed by atoms with Crippen molar-refractivity contribution in [3.8, 4) is 5.69 Å². The highest BCUT2D eigenvalue weighted by molar-refractivity contribution is 5.90. The minimum absolute atomic E-state index is 0.351. The molecule has 1 N–H and O–H groups in total. The molecule has 0 fully saturated rings. The minimum atomic E-state index is -0.897. The Kier molecular flexibility index (Phi) is 3.46. The number of carboxylic acid groups (broad SMARTS) is 1. The Bertz CT molecular complexity index is 559. The summed E-state index contributed by atoms with van der Waals surface area (Å²) in [5.74, 6) is -0.897. The molecule has 4 nitrogen and oxygen atoms in total. The molecule has 1 aromatic heterocycles. The van der Waals surface area contributed by atoms with Crippen LogP contribution in [0.15, 0.2) is 30.3 Å². The molecular weight excluding hydrogens is 228 g/mol. The topological polar surface area (TPSA) is 55.1 Å². The van der Waals surface area contributed by atoms with E-state index in [0.717, 1.165) is 11.4 Å². The summed E-state index contributed by atoms with van der Waals surface area (Å²) in [5, 5.41) is 13.7. The van der Waals surface area contributed by atoms with Gasteiger partial charge in [-0.25, -0.2) is 9.48 Å². The van der Waals surface area contributed by atoms with Gasteiger partial charge < -0.3 is 5.11 Å². The lowest BCUT2D eigenvalue weighted by Crippen LogP contribution is -2.05. The van der Waals surface area contributed by atoms with Crippen LogP contribution in [0.5, 0.6) is 0 Å². The van der Waals surface area contributed by atoms with Crippen LogP contribution in [0, 0.1) is 0 Å². The van der Waals surface area contributed by atoms with Gasteiger partial charge >= 0.3 is 5.97 Å². The molecule has 1 heterocycles. The lowest BCUT2D eigenvalue weighted by Gasteiger charge is -2.05. The molecule has 0 amide bonds. The van der Waals surface area contributed by atoms with Crippen molar-refractivity contribution in [1.82, 2.24) is 9.78 Å². The van der Waals surface area contributed by atoms with Gasteiger partial charge in [-0.3, -0.25) is 0 Å². The van der Waals surface area contributed by atoms with Crippen LogP contribution < -0.4 is 0 Å². The number of nitrogens with zero attached hydrogens (tertiary/aromatic N) is 2. The molecule has 0 aliphatic heterocycles. The number of aryl methyl sites for hydroxylation is 1. The minimum Gasteiger partial charge on any atom is -0.478 e. The lowest BCUT2D eigenvalue weighted by atomic mass is 10.1. The Balaban J connectivity index is 2.65. The van der Waals surface area contributed by atoms with Crippen LogP contribution in [0.2, 0.25) is 0 Å². The zero-order valence-electron chi connectivity index (χ0n) is 10.6. The van der Waals surface area contributed by atoms with E-state index in [0.29, 0.717) is 24.1 Å². The Labute approximate surface area is 106 Å². The number of para-hydroxylation sites is 1. The smallest absolute Gasteiger partial charge is 0.339 e. The molecule has 0 radical (unpaired) electrons. The first kappa shape index (κ1) is 12.4. The van der Waals surface area contributed by atoms with Crippen molar-refractivity contribution >= 4 is 5.97 Å². The second-order valence-electron chi connectivity index (χ2n) is 4.03. The maximum Gasteiger partial charge on any atom is 0.339 e. The fourth-order valence-corrected chi connectivity index (χ4v) is 2.11. The number of carbonyl (C=O) groups is 1. The number of carboxylic acids is 1. The summed E-state index contributed by atoms with van der Waals surface area (Å²) in [6.45, 7) is 3.87. The van der Waals surface area contributed by atoms with E-state index in [-0.39, 0.29) is 0 Å². The predicted octanol–water partition coefficient (Wildman–Crippen LogP) is 2.70. The van der Waals surface area contributed by atoms with Gasteiger partial charge in [0, 0.05) is 0 Å². The fraction of sp³-hybridized carbons (Fsp3) is 0.286. The molecule has 1 aromatic carbocycles. The molecule has 0 spiro atoms. The summed E-state index contributed by atoms with van der Waals surface area (Å²) in [6, 6.07) is 9.62. The van der Waals surface area contributed by atoms with E-state index in [2.05, 4.69) is 5.10 Å². The fourth-order valence-electron chi connectivity index (χ4n) is 2.11. The van der Waals surface area contributed by atoms with Crippen molar-refractivity contribution in [1.29, 1.82) is 0 Å². The van der Waals surface area contributed by atoms with Crippen molar-refractivity contribution in [3.05, 3.63) is 47.3 Å². The van der Waals surface area contributed by atoms with Crippen molar-refractivity contribution in [2.75, 3.05) is 0 Å². The quantitative estimate of drug-likeness (QED) is 0.899. The normalized spacial score (nSPS) is 10.6. The largest absolute Gasteiger partial charge is 0.478 e. The van der Waals surface area contributed by atoms with Crippen LogP contribution in [0.1, 0.15) is 35.6 Å². The van der Waals surface area contributed by atoms with Gasteiger partial charge in [-0.15, -0.1) is 0 Å². The zero-order chi connectivity index (χ0) is 13.1. The van der Waals surface area contributed by atoms with Gasteiger partial charge in [0.2, 0.25) is 0 Å². The van der Waals surface area contributed by atoms with E-state index in [1.807, 2.05) is 44.2 Å². The summed E-state index contributed by atoms with van der Waals surface area (Å²) >= 11 is 0. The maximum absolute atomic E-state index is 11.4. The second kappa shape index (κ2) is 5.04. The third-order valence-electron chi connectivity index (χ3n) is 2.94. The van der Waals surface area contributed by atoms with Crippen molar-refractivity contribution in [3.63, 3.8) is 0 Å². The zero-order valence-corrected chi connectivity index (χ0v) is 10.6. The lowest BCUT2D eigenvalue weighted by molar-refractivity contribution is 0.0694. The molecule has 2 aromatic rings. The summed E-state index contributed by atoms with van der Waals surface area (Å²) in [7, 11) is 0. The van der Waals surface area contributed by atoms with Crippen LogP contribution >= 0.6 is 0 Å². The van der Waals surface area contributed by atoms with Gasteiger partial charge in [-0.2, -0.15) is 5.10 Å². The molecule has 2 rings (SSSR count). The highest BCUT2D eigenvalue weighted by atomic mass is 16.4. The maximum atomic E-state index is 11.4. The van der Waals surface area contributed by atoms with Gasteiger partial charge in [-0.1, -0.05) is 32.0 Å². The molecule has 0 saturated carbocycles. The summed E-state index contributed by atoms with van der Waals surface area (Å²) in [6.07, 6.45) is 1.26. The van der Waals surface area contributed by atoms with Crippen molar-refractivity contribution < 1.29 is 9.90 Å². The van der Waals surface area contributed by atoms with Crippen LogP contribution in [0.4, 0.5) is 0 Å². The first-order chi connectivity index (χ1) is 8.69. The highest BCUT2D eigenvalue weighted by Gasteiger charge is 2.21. The van der Waals surface area contributed by atoms with E-state index in [1.165, 1.54) is 0 Å². The van der Waals surface area contributed by atoms with Crippen molar-refractivity contribution in [2.45, 2.75) is 26.7 Å². The average molecular weight is 244 g/mol. The first-order valence-electron chi connectivity index (χ1n) is 6.08. The van der Waals surface area contributed by atoms with E-state index < -0.39 is 5.97 Å². The summed E-state index contributed by atoms with van der Waals surface area (Å²) in [5.41, 5.74) is 2.65. The van der Waals surface area contributed by atoms with E-state index in [9.17, 15) is 9.90 Å². The Morgan fingerprint density at radius 3 is 2.39 bits per heavy atom. The third-order valence-corrected chi connectivity index (χ3v) is 2.94. The number of hydrogen-bond donors (Lipinski definition) is 1. The monoisotopic (exact) mass is 244 g/mol. The molecule has 4 heteroatoms. The Hall–Kier alpha value is -2.10. The number of hydrogen-bond acceptors (Lipinski definition) is 2. The van der Waals surface area contributed by atoms with Crippen LogP contribution in [-0.4, -0.2) is 20.9 Å². The number of aromatic nitrogens is 2. The molecule has 0 aliphatic carbocycles. The van der Waals surface area contributed by atoms with Gasteiger partial charge in [0.1, 0.15) is 5.56 Å². The molecule has 18 heavy (non-hydrogen) atoms. The van der Waals surface area contributed by atoms with Crippen LogP contribution in [-0.2, 0) is 12.8 Å². The van der Waals surface area contributed by atoms with Gasteiger partial charge in [0.25, 0.3) is 0 Å². The molecule has 0 aliphatic rings. The number of rotatable bonds is 4. The SMILES string of the molecule is CCc1nn(-c2ccccc2)c(CC)c1C(=O)O. The predicted molar refractivity (Wildman–Crippen MR) is 69.3 cm³/mol. The standard InChI is InChI=1S/C14H16N2O2/c1-3-11-13(14(17)18)12(4-2)16(15-11)10-8-6-5-7-9-10/h5-9H,3-4H2,1-2H3,(H,17,18). The summed E-state index contributed by atoms with van der Waals surface area (Å²) in [4.78, 5) is 11.4. The molecule has 0 unspecified atom stereocenters. The molecule has 0 bridgehead atoms. The Morgan fingerprint density at radius 1 is 1.22 bits per heavy atom. The molecular formula is C14H16N2O2. The number of aromatic carboxylic acids is 1.